The normalized spacial score (nSPS) is 12.2. The van der Waals surface area contributed by atoms with Gasteiger partial charge in [0.25, 0.3) is 0 Å². The highest BCUT2D eigenvalue weighted by molar-refractivity contribution is 5.85. The predicted molar refractivity (Wildman–Crippen MR) is 69.3 cm³/mol. The van der Waals surface area contributed by atoms with E-state index in [0.29, 0.717) is 0 Å². The Labute approximate surface area is 107 Å². The monoisotopic (exact) mass is 249 g/mol. The Balaban J connectivity index is 2.63. The van der Waals surface area contributed by atoms with Crippen LogP contribution >= 0.6 is 0 Å². The van der Waals surface area contributed by atoms with Crippen molar-refractivity contribution in [2.75, 3.05) is 0 Å². The summed E-state index contributed by atoms with van der Waals surface area (Å²) in [4.78, 5) is 22.7. The molecule has 0 aromatic heterocycles. The Hall–Kier alpha value is -1.84. The van der Waals surface area contributed by atoms with Crippen molar-refractivity contribution in [3.63, 3.8) is 0 Å². The molecular weight excluding hydrogens is 230 g/mol. The molecule has 0 saturated heterocycles. The zero-order valence-corrected chi connectivity index (χ0v) is 10.9. The number of carboxylic acids is 1. The molecule has 0 radical (unpaired) electrons. The van der Waals surface area contributed by atoms with Crippen LogP contribution in [0.5, 0.6) is 0 Å². The molecule has 1 unspecified atom stereocenters. The molecule has 1 atom stereocenters. The Morgan fingerprint density at radius 3 is 2.50 bits per heavy atom. The predicted octanol–water partition coefficient (Wildman–Crippen LogP) is 1.76. The van der Waals surface area contributed by atoms with E-state index in [1.165, 1.54) is 0 Å². The summed E-state index contributed by atoms with van der Waals surface area (Å²) in [5, 5.41) is 11.5. The molecule has 1 aromatic rings. The van der Waals surface area contributed by atoms with Crippen LogP contribution in [0, 0.1) is 12.8 Å². The average molecular weight is 249 g/mol. The lowest BCUT2D eigenvalue weighted by Gasteiger charge is -2.17. The first-order valence-corrected chi connectivity index (χ1v) is 5.98. The number of benzene rings is 1. The summed E-state index contributed by atoms with van der Waals surface area (Å²) >= 11 is 0. The molecule has 0 aliphatic heterocycles. The van der Waals surface area contributed by atoms with Gasteiger partial charge in [-0.05, 0) is 18.4 Å². The van der Waals surface area contributed by atoms with Crippen LogP contribution in [0.2, 0.25) is 0 Å². The van der Waals surface area contributed by atoms with Gasteiger partial charge in [0.15, 0.2) is 0 Å². The number of hydrogen-bond acceptors (Lipinski definition) is 2. The van der Waals surface area contributed by atoms with Gasteiger partial charge in [-0.2, -0.15) is 0 Å². The number of carboxylic acid groups (broad SMARTS) is 1. The number of aliphatic carboxylic acids is 1. The Bertz CT molecular complexity index is 440. The van der Waals surface area contributed by atoms with Crippen molar-refractivity contribution in [3.05, 3.63) is 35.4 Å². The summed E-state index contributed by atoms with van der Waals surface area (Å²) in [6.07, 6.45) is 0.207. The molecule has 0 heterocycles. The van der Waals surface area contributed by atoms with E-state index < -0.39 is 12.0 Å². The fourth-order valence-corrected chi connectivity index (χ4v) is 1.75. The zero-order chi connectivity index (χ0) is 13.7. The molecule has 0 aliphatic rings. The number of hydrogen-bond donors (Lipinski definition) is 2. The topological polar surface area (TPSA) is 66.4 Å². The summed E-state index contributed by atoms with van der Waals surface area (Å²) < 4.78 is 0. The van der Waals surface area contributed by atoms with E-state index in [9.17, 15) is 9.59 Å². The fraction of sp³-hybridized carbons (Fsp3) is 0.429. The molecule has 0 bridgehead atoms. The first-order chi connectivity index (χ1) is 8.40. The van der Waals surface area contributed by atoms with Gasteiger partial charge < -0.3 is 10.4 Å². The van der Waals surface area contributed by atoms with Gasteiger partial charge >= 0.3 is 5.97 Å². The molecule has 1 aromatic carbocycles. The number of amides is 1. The minimum Gasteiger partial charge on any atom is -0.480 e. The maximum atomic E-state index is 11.8. The van der Waals surface area contributed by atoms with Crippen molar-refractivity contribution < 1.29 is 14.7 Å². The van der Waals surface area contributed by atoms with Crippen molar-refractivity contribution in [1.29, 1.82) is 0 Å². The average Bonchev–Trinajstić information content (AvgIpc) is 2.25. The quantitative estimate of drug-likeness (QED) is 0.835. The van der Waals surface area contributed by atoms with Gasteiger partial charge in [0.05, 0.1) is 6.42 Å². The smallest absolute Gasteiger partial charge is 0.326 e. The standard InChI is InChI=1S/C14H19NO3/c1-9(2)13(14(17)18)15-12(16)8-11-6-4-5-10(3)7-11/h4-7,9,13H,8H2,1-3H3,(H,15,16)(H,17,18). The summed E-state index contributed by atoms with van der Waals surface area (Å²) in [6, 6.07) is 6.79. The third kappa shape index (κ3) is 4.20. The molecule has 98 valence electrons. The number of carbonyl (C=O) groups is 2. The number of aryl methyl sites for hydroxylation is 1. The van der Waals surface area contributed by atoms with Crippen molar-refractivity contribution in [1.82, 2.24) is 5.32 Å². The van der Waals surface area contributed by atoms with Crippen molar-refractivity contribution in [2.24, 2.45) is 5.92 Å². The molecule has 0 fully saturated rings. The highest BCUT2D eigenvalue weighted by Crippen LogP contribution is 2.06. The molecule has 0 saturated carbocycles. The second-order valence-corrected chi connectivity index (χ2v) is 4.79. The lowest BCUT2D eigenvalue weighted by Crippen LogP contribution is -2.44. The molecule has 4 heteroatoms. The Morgan fingerprint density at radius 1 is 1.33 bits per heavy atom. The van der Waals surface area contributed by atoms with Gasteiger partial charge in [0, 0.05) is 0 Å². The molecular formula is C14H19NO3. The lowest BCUT2D eigenvalue weighted by molar-refractivity contribution is -0.143. The van der Waals surface area contributed by atoms with E-state index in [0.717, 1.165) is 11.1 Å². The van der Waals surface area contributed by atoms with E-state index in [1.807, 2.05) is 31.2 Å². The summed E-state index contributed by atoms with van der Waals surface area (Å²) in [6.45, 7) is 5.49. The van der Waals surface area contributed by atoms with Crippen LogP contribution in [-0.4, -0.2) is 23.0 Å². The largest absolute Gasteiger partial charge is 0.480 e. The maximum Gasteiger partial charge on any atom is 0.326 e. The fourth-order valence-electron chi connectivity index (χ4n) is 1.75. The van der Waals surface area contributed by atoms with E-state index in [-0.39, 0.29) is 18.2 Å². The van der Waals surface area contributed by atoms with E-state index in [1.54, 1.807) is 13.8 Å². The molecule has 1 amide bonds. The molecule has 1 rings (SSSR count). The van der Waals surface area contributed by atoms with Crippen molar-refractivity contribution in [3.8, 4) is 0 Å². The number of carbonyl (C=O) groups excluding carboxylic acids is 1. The second kappa shape index (κ2) is 6.19. The third-order valence-corrected chi connectivity index (χ3v) is 2.70. The van der Waals surface area contributed by atoms with Gasteiger partial charge in [0.1, 0.15) is 6.04 Å². The molecule has 18 heavy (non-hydrogen) atoms. The van der Waals surface area contributed by atoms with Crippen LogP contribution < -0.4 is 5.32 Å². The van der Waals surface area contributed by atoms with Crippen LogP contribution in [0.15, 0.2) is 24.3 Å². The highest BCUT2D eigenvalue weighted by Gasteiger charge is 2.23. The lowest BCUT2D eigenvalue weighted by atomic mass is 10.0. The van der Waals surface area contributed by atoms with Gasteiger partial charge in [-0.1, -0.05) is 43.7 Å². The first-order valence-electron chi connectivity index (χ1n) is 5.98. The van der Waals surface area contributed by atoms with Crippen LogP contribution in [0.25, 0.3) is 0 Å². The number of nitrogens with one attached hydrogen (secondary N) is 1. The van der Waals surface area contributed by atoms with Gasteiger partial charge in [0.2, 0.25) is 5.91 Å². The van der Waals surface area contributed by atoms with E-state index in [2.05, 4.69) is 5.32 Å². The van der Waals surface area contributed by atoms with Crippen LogP contribution in [0.4, 0.5) is 0 Å². The summed E-state index contributed by atoms with van der Waals surface area (Å²) in [5.41, 5.74) is 1.97. The van der Waals surface area contributed by atoms with Gasteiger partial charge in [-0.15, -0.1) is 0 Å². The van der Waals surface area contributed by atoms with E-state index in [4.69, 9.17) is 5.11 Å². The van der Waals surface area contributed by atoms with Crippen molar-refractivity contribution in [2.45, 2.75) is 33.2 Å². The van der Waals surface area contributed by atoms with Crippen LogP contribution in [-0.2, 0) is 16.0 Å². The zero-order valence-electron chi connectivity index (χ0n) is 10.9. The minimum absolute atomic E-state index is 0.135. The number of rotatable bonds is 5. The van der Waals surface area contributed by atoms with Crippen LogP contribution in [0.3, 0.4) is 0 Å². The first kappa shape index (κ1) is 14.2. The molecule has 0 aliphatic carbocycles. The Kier molecular flexibility index (Phi) is 4.89. The maximum absolute atomic E-state index is 11.8. The summed E-state index contributed by atoms with van der Waals surface area (Å²) in [7, 11) is 0. The second-order valence-electron chi connectivity index (χ2n) is 4.79. The highest BCUT2D eigenvalue weighted by atomic mass is 16.4. The van der Waals surface area contributed by atoms with E-state index >= 15 is 0 Å². The van der Waals surface area contributed by atoms with Crippen molar-refractivity contribution >= 4 is 11.9 Å². The minimum atomic E-state index is -0.998. The van der Waals surface area contributed by atoms with Crippen LogP contribution in [0.1, 0.15) is 25.0 Å². The molecule has 0 spiro atoms. The molecule has 4 nitrogen and oxygen atoms in total. The summed E-state index contributed by atoms with van der Waals surface area (Å²) in [5.74, 6) is -1.40. The molecule has 2 N–H and O–H groups in total. The Morgan fingerprint density at radius 2 is 2.00 bits per heavy atom. The third-order valence-electron chi connectivity index (χ3n) is 2.70. The SMILES string of the molecule is Cc1cccc(CC(=O)NC(C(=O)O)C(C)C)c1. The van der Waals surface area contributed by atoms with Gasteiger partial charge in [-0.3, -0.25) is 4.79 Å². The van der Waals surface area contributed by atoms with Gasteiger partial charge in [-0.25, -0.2) is 4.79 Å².